The van der Waals surface area contributed by atoms with E-state index in [1.54, 1.807) is 24.3 Å². The number of benzene rings is 2. The van der Waals surface area contributed by atoms with Crippen LogP contribution in [0, 0.1) is 0 Å². The summed E-state index contributed by atoms with van der Waals surface area (Å²) in [6, 6.07) is 14.4. The number of carbonyl (C=O) groups is 1. The highest BCUT2D eigenvalue weighted by Gasteiger charge is 2.55. The van der Waals surface area contributed by atoms with Gasteiger partial charge in [0.25, 0.3) is 5.56 Å². The summed E-state index contributed by atoms with van der Waals surface area (Å²) in [6.07, 6.45) is -4.60. The van der Waals surface area contributed by atoms with Gasteiger partial charge in [0.05, 0.1) is 25.1 Å². The molecule has 3 aliphatic heterocycles. The van der Waals surface area contributed by atoms with Crippen LogP contribution in [0.25, 0.3) is 11.2 Å². The van der Waals surface area contributed by atoms with Gasteiger partial charge < -0.3 is 29.6 Å². The molecule has 0 spiro atoms. The van der Waals surface area contributed by atoms with E-state index in [1.807, 2.05) is 17.1 Å². The number of aromatic nitrogens is 6. The quantitative estimate of drug-likeness (QED) is 0.0387. The van der Waals surface area contributed by atoms with Crippen LogP contribution in [-0.2, 0) is 53.6 Å². The number of nitrogens with one attached hydrogen (secondary N) is 1. The SMILES string of the molecule is CCCCCOCCCCCc1ccc(C(=O)Oc2ccc(CSP3(=O)OC[C@H]4O[C@@H](n5cnc6c(N)ncnc65)[C@H](OP(=O)(O)OC[C@H]5O[C@@H](n6ccc(=O)[nH]c6=O)[C@H](O3)[C@@H]5F)[C@@H]4F)cc2)cc1. The minimum absolute atomic E-state index is 0.0261. The summed E-state index contributed by atoms with van der Waals surface area (Å²) in [7, 11) is -5.28. The molecule has 5 aromatic rings. The normalized spacial score (nSPS) is 28.4. The molecule has 21 nitrogen and oxygen atoms in total. The van der Waals surface area contributed by atoms with E-state index in [0.717, 1.165) is 74.0 Å². The molecule has 4 bridgehead atoms. The maximum absolute atomic E-state index is 16.5. The number of phosphoric acid groups is 1. The molecule has 0 aliphatic carbocycles. The Kier molecular flexibility index (Phi) is 16.6. The largest absolute Gasteiger partial charge is 0.472 e. The number of imidazole rings is 1. The molecule has 26 heteroatoms. The molecule has 372 valence electrons. The lowest BCUT2D eigenvalue weighted by Gasteiger charge is -2.27. The fourth-order valence-electron chi connectivity index (χ4n) is 7.83. The number of nitrogens with zero attached hydrogens (tertiary/aromatic N) is 5. The molecule has 3 fully saturated rings. The van der Waals surface area contributed by atoms with E-state index >= 15 is 8.78 Å². The lowest BCUT2D eigenvalue weighted by molar-refractivity contribution is -0.0648. The fraction of sp³-hybridized carbons (Fsp3) is 0.488. The Morgan fingerprint density at radius 1 is 0.855 bits per heavy atom. The highest BCUT2D eigenvalue weighted by Crippen LogP contribution is 2.65. The van der Waals surface area contributed by atoms with E-state index in [4.69, 9.17) is 42.8 Å². The number of anilines is 1. The first-order valence-electron chi connectivity index (χ1n) is 22.3. The number of nitrogen functional groups attached to an aromatic ring is 1. The van der Waals surface area contributed by atoms with Crippen molar-refractivity contribution in [1.82, 2.24) is 29.1 Å². The van der Waals surface area contributed by atoms with Gasteiger partial charge in [-0.15, -0.1) is 0 Å². The predicted molar refractivity (Wildman–Crippen MR) is 245 cm³/mol. The minimum atomic E-state index is -5.28. The number of aromatic amines is 1. The zero-order chi connectivity index (χ0) is 48.7. The van der Waals surface area contributed by atoms with Crippen LogP contribution in [-0.4, -0.2) is 103 Å². The van der Waals surface area contributed by atoms with Crippen LogP contribution < -0.4 is 21.7 Å². The van der Waals surface area contributed by atoms with Crippen LogP contribution >= 0.6 is 26.0 Å². The summed E-state index contributed by atoms with van der Waals surface area (Å²) in [5.74, 6) is -0.524. The van der Waals surface area contributed by atoms with Crippen LogP contribution in [0.1, 0.15) is 79.4 Å². The molecule has 10 atom stereocenters. The number of halogens is 2. The van der Waals surface area contributed by atoms with Crippen LogP contribution in [0.5, 0.6) is 5.75 Å². The molecule has 2 aromatic carbocycles. The van der Waals surface area contributed by atoms with Gasteiger partial charge in [-0.05, 0) is 72.5 Å². The Hall–Kier alpha value is -4.71. The molecule has 0 amide bonds. The Morgan fingerprint density at radius 3 is 2.23 bits per heavy atom. The van der Waals surface area contributed by atoms with Gasteiger partial charge in [-0.3, -0.25) is 37.0 Å². The van der Waals surface area contributed by atoms with Gasteiger partial charge in [-0.2, -0.15) is 0 Å². The van der Waals surface area contributed by atoms with E-state index < -0.39 is 94.3 Å². The van der Waals surface area contributed by atoms with E-state index in [9.17, 15) is 28.4 Å². The van der Waals surface area contributed by atoms with Crippen molar-refractivity contribution in [1.29, 1.82) is 0 Å². The van der Waals surface area contributed by atoms with Crippen LogP contribution in [0.2, 0.25) is 0 Å². The van der Waals surface area contributed by atoms with Crippen molar-refractivity contribution in [2.75, 3.05) is 32.2 Å². The predicted octanol–water partition coefficient (Wildman–Crippen LogP) is 6.53. The Labute approximate surface area is 397 Å². The van der Waals surface area contributed by atoms with Gasteiger partial charge in [0, 0.05) is 31.2 Å². The lowest BCUT2D eigenvalue weighted by Crippen LogP contribution is -2.38. The Balaban J connectivity index is 0.966. The molecular weight excluding hydrogens is 971 g/mol. The van der Waals surface area contributed by atoms with Gasteiger partial charge in [-0.1, -0.05) is 50.5 Å². The van der Waals surface area contributed by atoms with Crippen LogP contribution in [0.3, 0.4) is 0 Å². The van der Waals surface area contributed by atoms with Gasteiger partial charge in [0.1, 0.15) is 42.0 Å². The van der Waals surface area contributed by atoms with Crippen molar-refractivity contribution in [3.8, 4) is 5.75 Å². The third-order valence-electron chi connectivity index (χ3n) is 11.5. The fourth-order valence-corrected chi connectivity index (χ4v) is 12.1. The van der Waals surface area contributed by atoms with Gasteiger partial charge >= 0.3 is 26.3 Å². The molecule has 69 heavy (non-hydrogen) atoms. The van der Waals surface area contributed by atoms with Crippen molar-refractivity contribution >= 4 is 49.0 Å². The van der Waals surface area contributed by atoms with Crippen LogP contribution in [0.15, 0.2) is 83.0 Å². The first-order chi connectivity index (χ1) is 33.2. The molecule has 0 radical (unpaired) electrons. The number of aryl methyl sites for hydroxylation is 1. The van der Waals surface area contributed by atoms with Crippen molar-refractivity contribution in [2.45, 2.75) is 107 Å². The maximum Gasteiger partial charge on any atom is 0.472 e. The van der Waals surface area contributed by atoms with Crippen molar-refractivity contribution in [3.05, 3.63) is 111 Å². The van der Waals surface area contributed by atoms with Gasteiger partial charge in [0.2, 0.25) is 0 Å². The lowest BCUT2D eigenvalue weighted by atomic mass is 10.1. The van der Waals surface area contributed by atoms with Gasteiger partial charge in [0.15, 0.2) is 36.3 Å². The van der Waals surface area contributed by atoms with Crippen LogP contribution in [0.4, 0.5) is 14.6 Å². The van der Waals surface area contributed by atoms with E-state index in [0.29, 0.717) is 22.5 Å². The summed E-state index contributed by atoms with van der Waals surface area (Å²) in [4.78, 5) is 62.9. The number of ether oxygens (including phenoxy) is 4. The third-order valence-corrected chi connectivity index (χ3v) is 16.1. The summed E-state index contributed by atoms with van der Waals surface area (Å²) in [5.41, 5.74) is 6.21. The highest BCUT2D eigenvalue weighted by atomic mass is 32.7. The Morgan fingerprint density at radius 2 is 1.52 bits per heavy atom. The molecular formula is C43H51F2N7O14P2S. The molecule has 3 aromatic heterocycles. The summed E-state index contributed by atoms with van der Waals surface area (Å²) in [5, 5.41) is 0. The van der Waals surface area contributed by atoms with E-state index in [1.165, 1.54) is 35.9 Å². The van der Waals surface area contributed by atoms with Crippen molar-refractivity contribution in [3.63, 3.8) is 0 Å². The molecule has 4 N–H and O–H groups in total. The van der Waals surface area contributed by atoms with Crippen molar-refractivity contribution < 1.29 is 64.6 Å². The number of hydrogen-bond acceptors (Lipinski definition) is 18. The second-order valence-corrected chi connectivity index (χ2v) is 21.8. The number of unbranched alkanes of at least 4 members (excludes halogenated alkanes) is 4. The molecule has 0 saturated carbocycles. The van der Waals surface area contributed by atoms with E-state index in [2.05, 4.69) is 21.9 Å². The number of fused-ring (bicyclic) bond motifs is 5. The summed E-state index contributed by atoms with van der Waals surface area (Å²) < 4.78 is 108. The average Bonchev–Trinajstić information content (AvgIpc) is 3.99. The number of phosphoric ester groups is 1. The zero-order valence-corrected chi connectivity index (χ0v) is 39.8. The molecule has 6 heterocycles. The number of rotatable bonds is 17. The molecule has 3 aliphatic rings. The average molecular weight is 1020 g/mol. The van der Waals surface area contributed by atoms with Gasteiger partial charge in [-0.25, -0.2) is 42.5 Å². The maximum atomic E-state index is 16.5. The monoisotopic (exact) mass is 1020 g/mol. The minimum Gasteiger partial charge on any atom is -0.423 e. The molecule has 2 unspecified atom stereocenters. The third kappa shape index (κ3) is 12.4. The number of nitrogens with two attached hydrogens (primary N) is 1. The zero-order valence-electron chi connectivity index (χ0n) is 37.2. The molecule has 3 saturated heterocycles. The number of hydrogen-bond donors (Lipinski definition) is 3. The number of carbonyl (C=O) groups excluding carboxylic acids is 1. The number of alkyl halides is 2. The smallest absolute Gasteiger partial charge is 0.423 e. The first-order valence-corrected chi connectivity index (χ1v) is 26.9. The Bertz CT molecular complexity index is 2770. The second-order valence-electron chi connectivity index (χ2n) is 16.4. The van der Waals surface area contributed by atoms with Crippen molar-refractivity contribution in [2.24, 2.45) is 0 Å². The number of esters is 1. The standard InChI is InChI=1S/C43H51F2N7O14P2S/c1-2-3-6-19-59-20-7-4-5-8-26-9-13-28(14-10-26)42(54)62-29-15-11-27(12-16-29)23-69-68(58)61-22-31-33(44)36(41(64-31)52-25-49-35-38(46)47-24-48-39(35)52)65-67(56,57)60-21-30-34(45)37(66-68)40(63-30)51-18-17-32(53)50-43(51)55/h9-18,24-25,30-31,33-34,36-37,40-41H,2-8,19-23H2,1H3,(H,56,57)(H2,46,47,48)(H,50,53,55)/t30-,31-,33-,34-,36-,37-,40-,41-,68?/m1/s1. The number of H-pyrrole nitrogens is 1. The first kappa shape index (κ1) is 50.7. The van der Waals surface area contributed by atoms with E-state index in [-0.39, 0.29) is 28.5 Å². The second kappa shape index (κ2) is 22.6. The molecule has 8 rings (SSSR count). The summed E-state index contributed by atoms with van der Waals surface area (Å²) >= 11 is 0.575. The highest BCUT2D eigenvalue weighted by molar-refractivity contribution is 8.54. The topological polar surface area (TPSA) is 270 Å². The summed E-state index contributed by atoms with van der Waals surface area (Å²) in [6.45, 7) is -2.85.